The third-order valence-corrected chi connectivity index (χ3v) is 5.26. The number of nitrogens with one attached hydrogen (secondary N) is 1. The smallest absolute Gasteiger partial charge is 0.225 e. The highest BCUT2D eigenvalue weighted by molar-refractivity contribution is 6.35. The van der Waals surface area contributed by atoms with Gasteiger partial charge in [-0.25, -0.2) is 0 Å². The highest BCUT2D eigenvalue weighted by Crippen LogP contribution is 2.33. The lowest BCUT2D eigenvalue weighted by Crippen LogP contribution is -2.27. The van der Waals surface area contributed by atoms with E-state index < -0.39 is 0 Å². The second-order valence-corrected chi connectivity index (χ2v) is 7.23. The minimum atomic E-state index is -0.0606. The van der Waals surface area contributed by atoms with Gasteiger partial charge in [-0.05, 0) is 55.3 Å². The molecule has 0 radical (unpaired) electrons. The van der Waals surface area contributed by atoms with Crippen molar-refractivity contribution in [3.05, 3.63) is 58.1 Å². The van der Waals surface area contributed by atoms with Crippen LogP contribution in [-0.2, 0) is 4.79 Å². The standard InChI is InChI=1S/C20H22Cl2N2O2/c1-26-16-7-4-14(5-8-16)19-3-2-11-24(19)12-10-20(25)23-18-13-15(21)6-9-17(18)22/h4-9,13,19H,2-3,10-12H2,1H3,(H,23,25). The zero-order valence-corrected chi connectivity index (χ0v) is 16.2. The average molecular weight is 393 g/mol. The van der Waals surface area contributed by atoms with Gasteiger partial charge in [0.25, 0.3) is 0 Å². The first kappa shape index (κ1) is 19.0. The van der Waals surface area contributed by atoms with Crippen LogP contribution >= 0.6 is 23.2 Å². The summed E-state index contributed by atoms with van der Waals surface area (Å²) in [7, 11) is 1.67. The lowest BCUT2D eigenvalue weighted by Gasteiger charge is -2.24. The minimum absolute atomic E-state index is 0.0606. The van der Waals surface area contributed by atoms with Crippen molar-refractivity contribution in [1.82, 2.24) is 4.90 Å². The Balaban J connectivity index is 1.57. The maximum atomic E-state index is 12.3. The molecule has 2 aromatic rings. The Morgan fingerprint density at radius 1 is 1.23 bits per heavy atom. The van der Waals surface area contributed by atoms with Crippen LogP contribution in [0.25, 0.3) is 0 Å². The van der Waals surface area contributed by atoms with Gasteiger partial charge in [0.1, 0.15) is 5.75 Å². The second-order valence-electron chi connectivity index (χ2n) is 6.39. The van der Waals surface area contributed by atoms with Crippen LogP contribution in [0.5, 0.6) is 5.75 Å². The molecule has 4 nitrogen and oxygen atoms in total. The number of halogens is 2. The fourth-order valence-corrected chi connectivity index (χ4v) is 3.69. The van der Waals surface area contributed by atoms with Gasteiger partial charge < -0.3 is 10.1 Å². The van der Waals surface area contributed by atoms with Gasteiger partial charge in [0.2, 0.25) is 5.91 Å². The number of nitrogens with zero attached hydrogens (tertiary/aromatic N) is 1. The molecule has 1 heterocycles. The molecule has 1 atom stereocenters. The largest absolute Gasteiger partial charge is 0.497 e. The molecular weight excluding hydrogens is 371 g/mol. The molecule has 1 aliphatic rings. The van der Waals surface area contributed by atoms with Gasteiger partial charge >= 0.3 is 0 Å². The molecule has 0 spiro atoms. The molecule has 2 aromatic carbocycles. The third-order valence-electron chi connectivity index (χ3n) is 4.69. The van der Waals surface area contributed by atoms with Crippen LogP contribution in [0, 0.1) is 0 Å². The number of hydrogen-bond donors (Lipinski definition) is 1. The molecule has 6 heteroatoms. The van der Waals surface area contributed by atoms with E-state index in [-0.39, 0.29) is 5.91 Å². The summed E-state index contributed by atoms with van der Waals surface area (Å²) in [5.41, 5.74) is 1.82. The fraction of sp³-hybridized carbons (Fsp3) is 0.350. The van der Waals surface area contributed by atoms with Crippen LogP contribution < -0.4 is 10.1 Å². The third kappa shape index (κ3) is 4.70. The topological polar surface area (TPSA) is 41.6 Å². The average Bonchev–Trinajstić information content (AvgIpc) is 3.12. The van der Waals surface area contributed by atoms with Crippen LogP contribution in [-0.4, -0.2) is 31.0 Å². The first-order valence-electron chi connectivity index (χ1n) is 8.69. The van der Waals surface area contributed by atoms with Crippen LogP contribution in [0.15, 0.2) is 42.5 Å². The van der Waals surface area contributed by atoms with Crippen molar-refractivity contribution in [1.29, 1.82) is 0 Å². The van der Waals surface area contributed by atoms with Crippen molar-refractivity contribution in [2.45, 2.75) is 25.3 Å². The predicted octanol–water partition coefficient (Wildman–Crippen LogP) is 5.17. The molecule has 1 unspecified atom stereocenters. The van der Waals surface area contributed by atoms with E-state index in [9.17, 15) is 4.79 Å². The van der Waals surface area contributed by atoms with Crippen molar-refractivity contribution in [2.24, 2.45) is 0 Å². The molecule has 138 valence electrons. The van der Waals surface area contributed by atoms with Gasteiger partial charge in [-0.15, -0.1) is 0 Å². The lowest BCUT2D eigenvalue weighted by atomic mass is 10.0. The quantitative estimate of drug-likeness (QED) is 0.737. The number of carbonyl (C=O) groups excluding carboxylic acids is 1. The van der Waals surface area contributed by atoms with Gasteiger partial charge in [0.15, 0.2) is 0 Å². The molecule has 0 bridgehead atoms. The maximum absolute atomic E-state index is 12.3. The van der Waals surface area contributed by atoms with E-state index in [1.165, 1.54) is 5.56 Å². The molecule has 3 rings (SSSR count). The number of hydrogen-bond acceptors (Lipinski definition) is 3. The number of benzene rings is 2. The molecule has 0 aromatic heterocycles. The highest BCUT2D eigenvalue weighted by atomic mass is 35.5. The Bertz CT molecular complexity index is 765. The molecule has 1 aliphatic heterocycles. The first-order valence-corrected chi connectivity index (χ1v) is 9.45. The monoisotopic (exact) mass is 392 g/mol. The number of anilines is 1. The molecule has 1 N–H and O–H groups in total. The summed E-state index contributed by atoms with van der Waals surface area (Å²) >= 11 is 12.1. The Morgan fingerprint density at radius 2 is 2.00 bits per heavy atom. The van der Waals surface area contributed by atoms with Crippen LogP contribution in [0.4, 0.5) is 5.69 Å². The Labute approximate surface area is 164 Å². The SMILES string of the molecule is COc1ccc(C2CCCN2CCC(=O)Nc2cc(Cl)ccc2Cl)cc1. The van der Waals surface area contributed by atoms with Crippen molar-refractivity contribution < 1.29 is 9.53 Å². The Hall–Kier alpha value is -1.75. The fourth-order valence-electron chi connectivity index (χ4n) is 3.35. The molecule has 1 saturated heterocycles. The van der Waals surface area contributed by atoms with E-state index in [1.54, 1.807) is 25.3 Å². The van der Waals surface area contributed by atoms with E-state index >= 15 is 0 Å². The van der Waals surface area contributed by atoms with Gasteiger partial charge in [0, 0.05) is 24.0 Å². The predicted molar refractivity (Wildman–Crippen MR) is 106 cm³/mol. The van der Waals surface area contributed by atoms with Crippen molar-refractivity contribution >= 4 is 34.8 Å². The van der Waals surface area contributed by atoms with Crippen molar-refractivity contribution in [2.75, 3.05) is 25.5 Å². The van der Waals surface area contributed by atoms with Gasteiger partial charge in [-0.1, -0.05) is 35.3 Å². The molecular formula is C20H22Cl2N2O2. The molecule has 1 amide bonds. The number of ether oxygens (including phenoxy) is 1. The van der Waals surface area contributed by atoms with E-state index in [2.05, 4.69) is 22.3 Å². The summed E-state index contributed by atoms with van der Waals surface area (Å²) in [6.07, 6.45) is 2.65. The number of likely N-dealkylation sites (tertiary alicyclic amines) is 1. The number of amides is 1. The summed E-state index contributed by atoms with van der Waals surface area (Å²) in [5, 5.41) is 3.88. The zero-order chi connectivity index (χ0) is 18.5. The molecule has 0 aliphatic carbocycles. The molecule has 0 saturated carbocycles. The van der Waals surface area contributed by atoms with E-state index in [0.29, 0.717) is 34.7 Å². The Kier molecular flexibility index (Phi) is 6.41. The summed E-state index contributed by atoms with van der Waals surface area (Å²) in [6.45, 7) is 1.71. The summed E-state index contributed by atoms with van der Waals surface area (Å²) in [6, 6.07) is 13.6. The summed E-state index contributed by atoms with van der Waals surface area (Å²) < 4.78 is 5.23. The number of rotatable bonds is 6. The number of carbonyl (C=O) groups is 1. The van der Waals surface area contributed by atoms with Crippen LogP contribution in [0.2, 0.25) is 10.0 Å². The lowest BCUT2D eigenvalue weighted by molar-refractivity contribution is -0.116. The second kappa shape index (κ2) is 8.76. The summed E-state index contributed by atoms with van der Waals surface area (Å²) in [4.78, 5) is 14.7. The van der Waals surface area contributed by atoms with Gasteiger partial charge in [0.05, 0.1) is 17.8 Å². The van der Waals surface area contributed by atoms with Gasteiger partial charge in [-0.2, -0.15) is 0 Å². The summed E-state index contributed by atoms with van der Waals surface area (Å²) in [5.74, 6) is 0.797. The maximum Gasteiger partial charge on any atom is 0.225 e. The Morgan fingerprint density at radius 3 is 2.73 bits per heavy atom. The minimum Gasteiger partial charge on any atom is -0.497 e. The van der Waals surface area contributed by atoms with E-state index in [1.807, 2.05) is 12.1 Å². The van der Waals surface area contributed by atoms with Gasteiger partial charge in [-0.3, -0.25) is 9.69 Å². The normalized spacial score (nSPS) is 17.3. The molecule has 1 fully saturated rings. The van der Waals surface area contributed by atoms with Crippen LogP contribution in [0.1, 0.15) is 30.9 Å². The number of methoxy groups -OCH3 is 1. The van der Waals surface area contributed by atoms with Crippen molar-refractivity contribution in [3.63, 3.8) is 0 Å². The van der Waals surface area contributed by atoms with E-state index in [4.69, 9.17) is 27.9 Å². The van der Waals surface area contributed by atoms with E-state index in [0.717, 1.165) is 25.1 Å². The molecule has 26 heavy (non-hydrogen) atoms. The van der Waals surface area contributed by atoms with Crippen molar-refractivity contribution in [3.8, 4) is 5.75 Å². The first-order chi connectivity index (χ1) is 12.6. The zero-order valence-electron chi connectivity index (χ0n) is 14.7. The highest BCUT2D eigenvalue weighted by Gasteiger charge is 2.26. The van der Waals surface area contributed by atoms with Crippen LogP contribution in [0.3, 0.4) is 0 Å².